The fraction of sp³-hybridized carbons (Fsp3) is 0.692. The fourth-order valence-electron chi connectivity index (χ4n) is 2.37. The van der Waals surface area contributed by atoms with Crippen LogP contribution in [0.25, 0.3) is 0 Å². The highest BCUT2D eigenvalue weighted by Crippen LogP contribution is 2.20. The van der Waals surface area contributed by atoms with Gasteiger partial charge in [-0.25, -0.2) is 9.97 Å². The minimum atomic E-state index is 0.222. The molecule has 2 rings (SSSR count). The molecule has 2 heterocycles. The van der Waals surface area contributed by atoms with Gasteiger partial charge in [-0.3, -0.25) is 0 Å². The minimum Gasteiger partial charge on any atom is -0.384 e. The van der Waals surface area contributed by atoms with E-state index in [0.29, 0.717) is 5.82 Å². The van der Waals surface area contributed by atoms with E-state index in [1.165, 1.54) is 0 Å². The van der Waals surface area contributed by atoms with Gasteiger partial charge in [-0.15, -0.1) is 0 Å². The third-order valence-electron chi connectivity index (χ3n) is 3.00. The van der Waals surface area contributed by atoms with Crippen molar-refractivity contribution in [3.63, 3.8) is 0 Å². The van der Waals surface area contributed by atoms with E-state index in [0.717, 1.165) is 37.6 Å². The van der Waals surface area contributed by atoms with Crippen LogP contribution >= 0.6 is 0 Å². The summed E-state index contributed by atoms with van der Waals surface area (Å²) in [5.41, 5.74) is 5.86. The molecule has 0 aromatic carbocycles. The summed E-state index contributed by atoms with van der Waals surface area (Å²) in [6, 6.07) is 1.85. The van der Waals surface area contributed by atoms with Crippen molar-refractivity contribution < 1.29 is 4.74 Å². The normalized spacial score (nSPS) is 24.3. The summed E-state index contributed by atoms with van der Waals surface area (Å²) in [5.74, 6) is 2.31. The van der Waals surface area contributed by atoms with Crippen LogP contribution < -0.4 is 10.6 Å². The maximum absolute atomic E-state index is 5.86. The van der Waals surface area contributed by atoms with E-state index in [9.17, 15) is 0 Å². The van der Waals surface area contributed by atoms with Crippen LogP contribution in [0.15, 0.2) is 6.07 Å². The highest BCUT2D eigenvalue weighted by Gasteiger charge is 2.23. The Balaban J connectivity index is 2.21. The van der Waals surface area contributed by atoms with Crippen LogP contribution in [0, 0.1) is 0 Å². The molecular formula is C13H22N4O. The number of anilines is 2. The van der Waals surface area contributed by atoms with Crippen molar-refractivity contribution in [1.29, 1.82) is 0 Å². The zero-order chi connectivity index (χ0) is 13.1. The van der Waals surface area contributed by atoms with Gasteiger partial charge in [0.25, 0.3) is 0 Å². The van der Waals surface area contributed by atoms with Crippen LogP contribution in [0.4, 0.5) is 11.6 Å². The van der Waals surface area contributed by atoms with Crippen molar-refractivity contribution in [1.82, 2.24) is 9.97 Å². The van der Waals surface area contributed by atoms with Gasteiger partial charge in [-0.1, -0.05) is 6.92 Å². The average Bonchev–Trinajstić information content (AvgIpc) is 2.27. The van der Waals surface area contributed by atoms with Gasteiger partial charge in [0.05, 0.1) is 12.2 Å². The first-order chi connectivity index (χ1) is 8.58. The molecule has 5 nitrogen and oxygen atoms in total. The molecule has 1 aliphatic heterocycles. The monoisotopic (exact) mass is 250 g/mol. The minimum absolute atomic E-state index is 0.222. The third kappa shape index (κ3) is 3.10. The largest absolute Gasteiger partial charge is 0.384 e. The first-order valence-electron chi connectivity index (χ1n) is 6.62. The van der Waals surface area contributed by atoms with E-state index in [1.54, 1.807) is 0 Å². The van der Waals surface area contributed by atoms with Crippen molar-refractivity contribution in [2.24, 2.45) is 0 Å². The predicted molar refractivity (Wildman–Crippen MR) is 72.7 cm³/mol. The molecule has 0 aliphatic carbocycles. The third-order valence-corrected chi connectivity index (χ3v) is 3.00. The van der Waals surface area contributed by atoms with Crippen molar-refractivity contribution in [3.8, 4) is 0 Å². The Morgan fingerprint density at radius 2 is 2.00 bits per heavy atom. The molecule has 0 unspecified atom stereocenters. The Labute approximate surface area is 108 Å². The molecule has 1 aromatic rings. The molecule has 18 heavy (non-hydrogen) atoms. The lowest BCUT2D eigenvalue weighted by molar-refractivity contribution is -0.00547. The van der Waals surface area contributed by atoms with Crippen LogP contribution in [-0.2, 0) is 11.2 Å². The SMILES string of the molecule is CCCc1nc(N)cc(N2C[C@@H](C)O[C@@H](C)C2)n1. The quantitative estimate of drug-likeness (QED) is 0.883. The van der Waals surface area contributed by atoms with E-state index >= 15 is 0 Å². The second kappa shape index (κ2) is 5.52. The summed E-state index contributed by atoms with van der Waals surface area (Å²) in [7, 11) is 0. The number of rotatable bonds is 3. The van der Waals surface area contributed by atoms with Gasteiger partial charge in [0.1, 0.15) is 17.5 Å². The van der Waals surface area contributed by atoms with Gasteiger partial charge in [-0.05, 0) is 20.3 Å². The number of nitrogens with two attached hydrogens (primary N) is 1. The number of ether oxygens (including phenoxy) is 1. The molecule has 1 aliphatic rings. The van der Waals surface area contributed by atoms with E-state index in [4.69, 9.17) is 10.5 Å². The highest BCUT2D eigenvalue weighted by molar-refractivity contribution is 5.47. The Morgan fingerprint density at radius 3 is 2.61 bits per heavy atom. The Morgan fingerprint density at radius 1 is 1.33 bits per heavy atom. The lowest BCUT2D eigenvalue weighted by atomic mass is 10.2. The molecule has 1 aromatic heterocycles. The number of nitrogens with zero attached hydrogens (tertiary/aromatic N) is 3. The van der Waals surface area contributed by atoms with E-state index < -0.39 is 0 Å². The maximum atomic E-state index is 5.86. The van der Waals surface area contributed by atoms with E-state index in [-0.39, 0.29) is 12.2 Å². The molecule has 0 amide bonds. The number of hydrogen-bond acceptors (Lipinski definition) is 5. The molecular weight excluding hydrogens is 228 g/mol. The standard InChI is InChI=1S/C13H22N4O/c1-4-5-12-15-11(14)6-13(16-12)17-7-9(2)18-10(3)8-17/h6,9-10H,4-5,7-8H2,1-3H3,(H2,14,15,16)/t9-,10+. The summed E-state index contributed by atoms with van der Waals surface area (Å²) in [6.45, 7) is 7.99. The Kier molecular flexibility index (Phi) is 4.01. The van der Waals surface area contributed by atoms with Gasteiger partial charge >= 0.3 is 0 Å². The zero-order valence-corrected chi connectivity index (χ0v) is 11.4. The number of nitrogen functional groups attached to an aromatic ring is 1. The molecule has 5 heteroatoms. The van der Waals surface area contributed by atoms with Gasteiger partial charge in [0.2, 0.25) is 0 Å². The van der Waals surface area contributed by atoms with E-state index in [1.807, 2.05) is 6.07 Å². The molecule has 0 bridgehead atoms. The molecule has 1 fully saturated rings. The van der Waals surface area contributed by atoms with E-state index in [2.05, 4.69) is 35.6 Å². The predicted octanol–water partition coefficient (Wildman–Crippen LogP) is 1.62. The first-order valence-corrected chi connectivity index (χ1v) is 6.62. The Bertz CT molecular complexity index is 400. The van der Waals surface area contributed by atoms with Crippen LogP contribution in [0.2, 0.25) is 0 Å². The lowest BCUT2D eigenvalue weighted by Crippen LogP contribution is -2.46. The maximum Gasteiger partial charge on any atom is 0.134 e. The van der Waals surface area contributed by atoms with Crippen molar-refractivity contribution >= 4 is 11.6 Å². The first kappa shape index (κ1) is 13.1. The Hall–Kier alpha value is -1.36. The summed E-state index contributed by atoms with van der Waals surface area (Å²) in [4.78, 5) is 11.1. The average molecular weight is 250 g/mol. The van der Waals surface area contributed by atoms with Crippen LogP contribution in [0.3, 0.4) is 0 Å². The summed E-state index contributed by atoms with van der Waals surface area (Å²) < 4.78 is 5.73. The van der Waals surface area contributed by atoms with Gasteiger partial charge < -0.3 is 15.4 Å². The molecule has 0 saturated carbocycles. The number of aromatic nitrogens is 2. The number of morpholine rings is 1. The molecule has 100 valence electrons. The van der Waals surface area contributed by atoms with Crippen molar-refractivity contribution in [2.75, 3.05) is 23.7 Å². The number of aryl methyl sites for hydroxylation is 1. The van der Waals surface area contributed by atoms with Gasteiger partial charge in [-0.2, -0.15) is 0 Å². The second-order valence-electron chi connectivity index (χ2n) is 4.98. The highest BCUT2D eigenvalue weighted by atomic mass is 16.5. The molecule has 0 radical (unpaired) electrons. The van der Waals surface area contributed by atoms with Gasteiger partial charge in [0, 0.05) is 25.6 Å². The fourth-order valence-corrected chi connectivity index (χ4v) is 2.37. The number of hydrogen-bond donors (Lipinski definition) is 1. The summed E-state index contributed by atoms with van der Waals surface area (Å²) in [5, 5.41) is 0. The molecule has 2 N–H and O–H groups in total. The molecule has 1 saturated heterocycles. The van der Waals surface area contributed by atoms with Crippen molar-refractivity contribution in [2.45, 2.75) is 45.8 Å². The summed E-state index contributed by atoms with van der Waals surface area (Å²) >= 11 is 0. The molecule has 0 spiro atoms. The van der Waals surface area contributed by atoms with Crippen LogP contribution in [-0.4, -0.2) is 35.3 Å². The zero-order valence-electron chi connectivity index (χ0n) is 11.4. The summed E-state index contributed by atoms with van der Waals surface area (Å²) in [6.07, 6.45) is 2.34. The van der Waals surface area contributed by atoms with Crippen LogP contribution in [0.1, 0.15) is 33.0 Å². The van der Waals surface area contributed by atoms with Gasteiger partial charge in [0.15, 0.2) is 0 Å². The van der Waals surface area contributed by atoms with Crippen LogP contribution in [0.5, 0.6) is 0 Å². The van der Waals surface area contributed by atoms with Crippen molar-refractivity contribution in [3.05, 3.63) is 11.9 Å². The topological polar surface area (TPSA) is 64.3 Å². The molecule has 2 atom stereocenters. The second-order valence-corrected chi connectivity index (χ2v) is 4.98. The smallest absolute Gasteiger partial charge is 0.134 e. The lowest BCUT2D eigenvalue weighted by Gasteiger charge is -2.36.